The summed E-state index contributed by atoms with van der Waals surface area (Å²) >= 11 is 0. The van der Waals surface area contributed by atoms with E-state index in [4.69, 9.17) is 4.84 Å². The molecule has 3 aliphatic rings. The van der Waals surface area contributed by atoms with Crippen molar-refractivity contribution >= 4 is 5.71 Å². The van der Waals surface area contributed by atoms with Crippen LogP contribution in [0.15, 0.2) is 64.4 Å². The van der Waals surface area contributed by atoms with Crippen molar-refractivity contribution in [3.63, 3.8) is 0 Å². The van der Waals surface area contributed by atoms with Crippen LogP contribution in [0.5, 0.6) is 0 Å². The van der Waals surface area contributed by atoms with Gasteiger partial charge >= 0.3 is 0 Å². The van der Waals surface area contributed by atoms with Crippen molar-refractivity contribution in [2.45, 2.75) is 91.8 Å². The van der Waals surface area contributed by atoms with Gasteiger partial charge in [-0.15, -0.1) is 0 Å². The fourth-order valence-corrected chi connectivity index (χ4v) is 6.11. The molecular formula is C30H45NO3. The lowest BCUT2D eigenvalue weighted by molar-refractivity contribution is 0.0862. The molecule has 3 rings (SSSR count). The molecule has 34 heavy (non-hydrogen) atoms. The molecule has 5 atom stereocenters. The van der Waals surface area contributed by atoms with Gasteiger partial charge < -0.3 is 15.1 Å². The maximum atomic E-state index is 10.2. The Hall–Kier alpha value is -1.91. The highest BCUT2D eigenvalue weighted by Crippen LogP contribution is 2.57. The molecule has 0 aromatic heterocycles. The molecule has 0 aromatic carbocycles. The number of hydrogen-bond acceptors (Lipinski definition) is 4. The second-order valence-corrected chi connectivity index (χ2v) is 11.7. The molecule has 0 spiro atoms. The van der Waals surface area contributed by atoms with Crippen LogP contribution >= 0.6 is 0 Å². The topological polar surface area (TPSA) is 62.0 Å². The number of oxime groups is 1. The van der Waals surface area contributed by atoms with Gasteiger partial charge in [-0.25, -0.2) is 0 Å². The van der Waals surface area contributed by atoms with Crippen LogP contribution in [-0.2, 0) is 4.84 Å². The normalized spacial score (nSPS) is 34.0. The number of aliphatic hydroxyl groups excluding tert-OH is 2. The van der Waals surface area contributed by atoms with E-state index >= 15 is 0 Å². The van der Waals surface area contributed by atoms with Crippen molar-refractivity contribution < 1.29 is 15.1 Å². The first-order valence-corrected chi connectivity index (χ1v) is 12.9. The SMILES string of the molecule is C=C1/C(=C\C=C2/CCCC3(C)C(C(C)C/C=C/C(=N\OC)C(C)(C)C)=CCC23)C[C@@H](O)C[C@@H]1O. The Bertz CT molecular complexity index is 914. The van der Waals surface area contributed by atoms with Crippen molar-refractivity contribution in [2.24, 2.45) is 27.8 Å². The average Bonchev–Trinajstić information content (AvgIpc) is 3.11. The highest BCUT2D eigenvalue weighted by atomic mass is 16.6. The molecule has 2 N–H and O–H groups in total. The third kappa shape index (κ3) is 5.83. The van der Waals surface area contributed by atoms with Crippen molar-refractivity contribution in [2.75, 3.05) is 7.11 Å². The number of hydrogen-bond donors (Lipinski definition) is 2. The van der Waals surface area contributed by atoms with Crippen LogP contribution in [0.2, 0.25) is 0 Å². The first-order chi connectivity index (χ1) is 16.0. The largest absolute Gasteiger partial charge is 0.399 e. The predicted octanol–water partition coefficient (Wildman–Crippen LogP) is 6.68. The van der Waals surface area contributed by atoms with E-state index in [0.29, 0.717) is 24.7 Å². The highest BCUT2D eigenvalue weighted by Gasteiger charge is 2.45. The molecule has 3 unspecified atom stereocenters. The van der Waals surface area contributed by atoms with Gasteiger partial charge in [0.2, 0.25) is 0 Å². The predicted molar refractivity (Wildman–Crippen MR) is 142 cm³/mol. The zero-order valence-corrected chi connectivity index (χ0v) is 22.1. The van der Waals surface area contributed by atoms with E-state index in [1.165, 1.54) is 18.4 Å². The molecule has 3 aliphatic carbocycles. The van der Waals surface area contributed by atoms with Crippen LogP contribution in [0.4, 0.5) is 0 Å². The van der Waals surface area contributed by atoms with Gasteiger partial charge in [0.25, 0.3) is 0 Å². The molecule has 4 nitrogen and oxygen atoms in total. The number of fused-ring (bicyclic) bond motifs is 1. The maximum Gasteiger partial charge on any atom is 0.106 e. The molecule has 4 heteroatoms. The van der Waals surface area contributed by atoms with E-state index in [1.54, 1.807) is 12.7 Å². The Morgan fingerprint density at radius 3 is 2.74 bits per heavy atom. The number of rotatable bonds is 6. The highest BCUT2D eigenvalue weighted by molar-refractivity contribution is 5.98. The van der Waals surface area contributed by atoms with E-state index in [-0.39, 0.29) is 10.8 Å². The van der Waals surface area contributed by atoms with Gasteiger partial charge in [0, 0.05) is 11.8 Å². The summed E-state index contributed by atoms with van der Waals surface area (Å²) in [6.07, 6.45) is 16.7. The second-order valence-electron chi connectivity index (χ2n) is 11.7. The fraction of sp³-hybridized carbons (Fsp3) is 0.633. The Labute approximate surface area is 206 Å². The average molecular weight is 468 g/mol. The summed E-state index contributed by atoms with van der Waals surface area (Å²) in [5.74, 6) is 1.02. The zero-order valence-electron chi connectivity index (χ0n) is 22.1. The van der Waals surface area contributed by atoms with E-state index in [2.05, 4.69) is 76.7 Å². The summed E-state index contributed by atoms with van der Waals surface area (Å²) in [6.45, 7) is 15.3. The first kappa shape index (κ1) is 26.7. The molecule has 0 aliphatic heterocycles. The van der Waals surface area contributed by atoms with Gasteiger partial charge in [0.05, 0.1) is 17.9 Å². The Kier molecular flexibility index (Phi) is 8.47. The van der Waals surface area contributed by atoms with Gasteiger partial charge in [-0.3, -0.25) is 0 Å². The molecule has 2 fully saturated rings. The maximum absolute atomic E-state index is 10.2. The Morgan fingerprint density at radius 2 is 2.06 bits per heavy atom. The number of allylic oxidation sites excluding steroid dienone is 7. The lowest BCUT2D eigenvalue weighted by Gasteiger charge is -2.42. The van der Waals surface area contributed by atoms with Crippen molar-refractivity contribution in [1.82, 2.24) is 0 Å². The van der Waals surface area contributed by atoms with Crippen LogP contribution in [0.25, 0.3) is 0 Å². The molecule has 0 aromatic rings. The molecule has 0 heterocycles. The Balaban J connectivity index is 1.73. The molecule has 188 valence electrons. The van der Waals surface area contributed by atoms with Crippen molar-refractivity contribution in [3.05, 3.63) is 59.3 Å². The smallest absolute Gasteiger partial charge is 0.106 e. The summed E-state index contributed by atoms with van der Waals surface area (Å²) in [5.41, 5.74) is 5.95. The van der Waals surface area contributed by atoms with E-state index in [0.717, 1.165) is 36.1 Å². The van der Waals surface area contributed by atoms with Gasteiger partial charge in [0.15, 0.2) is 0 Å². The first-order valence-electron chi connectivity index (χ1n) is 12.9. The van der Waals surface area contributed by atoms with Crippen LogP contribution in [0.3, 0.4) is 0 Å². The Morgan fingerprint density at radius 1 is 1.32 bits per heavy atom. The van der Waals surface area contributed by atoms with Gasteiger partial charge in [-0.05, 0) is 73.0 Å². The van der Waals surface area contributed by atoms with E-state index in [9.17, 15) is 10.2 Å². The lowest BCUT2D eigenvalue weighted by Crippen LogP contribution is -2.32. The van der Waals surface area contributed by atoms with Crippen LogP contribution in [0.1, 0.15) is 79.6 Å². The third-order valence-electron chi connectivity index (χ3n) is 8.13. The van der Waals surface area contributed by atoms with Gasteiger partial charge in [-0.1, -0.05) is 81.8 Å². The standard InChI is InChI=1S/C30H45NO3/c1-20(10-8-12-28(31-34-7)29(3,4)5)25-15-16-26-22(11-9-17-30(25,26)6)13-14-23-18-24(32)19-27(33)21(23)2/h8,12-15,20,24,26-27,32-33H,2,9-11,16-19H2,1,3-7H3/b12-8+,22-13+,23-14-,31-28+/t20?,24-,26?,27+,30?/m1/s1. The minimum Gasteiger partial charge on any atom is -0.399 e. The number of nitrogens with zero attached hydrogens (tertiary/aromatic N) is 1. The van der Waals surface area contributed by atoms with Gasteiger partial charge in [0.1, 0.15) is 7.11 Å². The second kappa shape index (κ2) is 10.8. The molecule has 2 saturated carbocycles. The molecular weight excluding hydrogens is 422 g/mol. The molecule has 0 bridgehead atoms. The monoisotopic (exact) mass is 467 g/mol. The summed E-state index contributed by atoms with van der Waals surface area (Å²) in [4.78, 5) is 5.05. The van der Waals surface area contributed by atoms with E-state index < -0.39 is 12.2 Å². The van der Waals surface area contributed by atoms with Crippen LogP contribution < -0.4 is 0 Å². The molecule has 0 saturated heterocycles. The lowest BCUT2D eigenvalue weighted by atomic mass is 9.62. The summed E-state index contributed by atoms with van der Waals surface area (Å²) in [6, 6.07) is 0. The van der Waals surface area contributed by atoms with Crippen LogP contribution in [0, 0.1) is 22.7 Å². The van der Waals surface area contributed by atoms with Crippen LogP contribution in [-0.4, -0.2) is 35.2 Å². The third-order valence-corrected chi connectivity index (χ3v) is 8.13. The molecule has 0 radical (unpaired) electrons. The van der Waals surface area contributed by atoms with Crippen molar-refractivity contribution in [1.29, 1.82) is 0 Å². The quantitative estimate of drug-likeness (QED) is 0.260. The zero-order chi connectivity index (χ0) is 25.1. The fourth-order valence-electron chi connectivity index (χ4n) is 6.11. The summed E-state index contributed by atoms with van der Waals surface area (Å²) in [5, 5.41) is 24.5. The minimum atomic E-state index is -0.633. The van der Waals surface area contributed by atoms with Crippen molar-refractivity contribution in [3.8, 4) is 0 Å². The summed E-state index contributed by atoms with van der Waals surface area (Å²) in [7, 11) is 1.60. The van der Waals surface area contributed by atoms with E-state index in [1.807, 2.05) is 0 Å². The van der Waals surface area contributed by atoms with Gasteiger partial charge in [-0.2, -0.15) is 0 Å². The minimum absolute atomic E-state index is 0.0489. The summed E-state index contributed by atoms with van der Waals surface area (Å²) < 4.78 is 0. The number of aliphatic hydroxyl groups is 2. The molecule has 0 amide bonds.